The van der Waals surface area contributed by atoms with Gasteiger partial charge >= 0.3 is 7.12 Å². The van der Waals surface area contributed by atoms with Gasteiger partial charge in [-0.1, -0.05) is 24.8 Å². The molecule has 1 aromatic carbocycles. The molecule has 0 spiro atoms. The van der Waals surface area contributed by atoms with Gasteiger partial charge in [-0.25, -0.2) is 0 Å². The number of aromatic amines is 1. The molecule has 3 nitrogen and oxygen atoms in total. The number of hydrogen-bond donors (Lipinski definition) is 1. The van der Waals surface area contributed by atoms with Gasteiger partial charge in [-0.15, -0.1) is 0 Å². The maximum Gasteiger partial charge on any atom is 0.580 e. The molecule has 0 unspecified atom stereocenters. The molecule has 2 aromatic rings. The van der Waals surface area contributed by atoms with Crippen LogP contribution in [0.5, 0.6) is 0 Å². The Bertz CT molecular complexity index is 630. The molecule has 3 rings (SSSR count). The van der Waals surface area contributed by atoms with Crippen LogP contribution in [-0.2, 0) is 9.31 Å². The fourth-order valence-corrected chi connectivity index (χ4v) is 2.21. The number of benzene rings is 1. The van der Waals surface area contributed by atoms with Gasteiger partial charge in [0.05, 0.1) is 11.4 Å². The van der Waals surface area contributed by atoms with E-state index in [1.54, 1.807) is 0 Å². The summed E-state index contributed by atoms with van der Waals surface area (Å²) in [4.78, 5) is 3.37. The van der Waals surface area contributed by atoms with E-state index < -0.39 is 5.60 Å². The van der Waals surface area contributed by atoms with E-state index in [-0.39, 0.29) is 7.12 Å². The van der Waals surface area contributed by atoms with Crippen LogP contribution in [0.1, 0.15) is 19.4 Å². The zero-order valence-corrected chi connectivity index (χ0v) is 10.9. The van der Waals surface area contributed by atoms with Crippen LogP contribution >= 0.6 is 0 Å². The van der Waals surface area contributed by atoms with Gasteiger partial charge in [-0.05, 0) is 37.8 Å². The average molecular weight is 241 g/mol. The fraction of sp³-hybridized carbons (Fsp3) is 0.286. The summed E-state index contributed by atoms with van der Waals surface area (Å²) in [7, 11) is -0.390. The van der Waals surface area contributed by atoms with Gasteiger partial charge in [-0.3, -0.25) is 0 Å². The van der Waals surface area contributed by atoms with Crippen molar-refractivity contribution in [2.75, 3.05) is 0 Å². The first-order chi connectivity index (χ1) is 8.47. The molecule has 1 N–H and O–H groups in total. The number of nitrogens with one attached hydrogen (secondary N) is 1. The summed E-state index contributed by atoms with van der Waals surface area (Å²) in [6.07, 6.45) is 0. The zero-order chi connectivity index (χ0) is 12.9. The second-order valence-corrected chi connectivity index (χ2v) is 5.26. The molecule has 0 amide bonds. The van der Waals surface area contributed by atoms with E-state index in [4.69, 9.17) is 9.31 Å². The third-order valence-electron chi connectivity index (χ3n) is 3.46. The lowest BCUT2D eigenvalue weighted by molar-refractivity contribution is 0.173. The Kier molecular flexibility index (Phi) is 2.32. The van der Waals surface area contributed by atoms with E-state index in [2.05, 4.69) is 42.8 Å². The maximum absolute atomic E-state index is 5.86. The van der Waals surface area contributed by atoms with Crippen LogP contribution in [0, 0.1) is 6.92 Å². The standard InChI is InChI=1S/C14H16BNO2/c1-9-6-5-7-11-8-12(16-13(9)11)15-17-10(2)14(3,4)18-15/h5-8,16H,2H2,1,3-4H3. The molecule has 18 heavy (non-hydrogen) atoms. The van der Waals surface area contributed by atoms with Crippen molar-refractivity contribution in [1.82, 2.24) is 4.98 Å². The van der Waals surface area contributed by atoms with Crippen LogP contribution in [0.3, 0.4) is 0 Å². The normalized spacial score (nSPS) is 18.4. The number of rotatable bonds is 1. The summed E-state index contributed by atoms with van der Waals surface area (Å²) in [5.74, 6) is 0.669. The van der Waals surface area contributed by atoms with E-state index >= 15 is 0 Å². The molecule has 92 valence electrons. The van der Waals surface area contributed by atoms with Crippen molar-refractivity contribution >= 4 is 23.6 Å². The number of H-pyrrole nitrogens is 1. The summed E-state index contributed by atoms with van der Waals surface area (Å²) < 4.78 is 11.5. The summed E-state index contributed by atoms with van der Waals surface area (Å²) >= 11 is 0. The van der Waals surface area contributed by atoms with Gasteiger partial charge in [-0.2, -0.15) is 0 Å². The number of aryl methyl sites for hydroxylation is 1. The summed E-state index contributed by atoms with van der Waals surface area (Å²) in [5.41, 5.74) is 2.85. The molecule has 1 saturated heterocycles. The Morgan fingerprint density at radius 2 is 2.11 bits per heavy atom. The minimum Gasteiger partial charge on any atom is -0.533 e. The van der Waals surface area contributed by atoms with Gasteiger partial charge < -0.3 is 14.3 Å². The predicted octanol–water partition coefficient (Wildman–Crippen LogP) is 2.51. The molecule has 4 heteroatoms. The molecule has 1 aromatic heterocycles. The largest absolute Gasteiger partial charge is 0.580 e. The van der Waals surface area contributed by atoms with Crippen molar-refractivity contribution in [2.45, 2.75) is 26.4 Å². The first-order valence-electron chi connectivity index (χ1n) is 6.09. The minimum atomic E-state index is -0.434. The molecular weight excluding hydrogens is 225 g/mol. The molecule has 1 aliphatic rings. The molecule has 1 aliphatic heterocycles. The number of fused-ring (bicyclic) bond motifs is 1. The van der Waals surface area contributed by atoms with Crippen molar-refractivity contribution in [3.8, 4) is 0 Å². The second kappa shape index (κ2) is 3.66. The quantitative estimate of drug-likeness (QED) is 0.778. The van der Waals surface area contributed by atoms with E-state index in [1.165, 1.54) is 10.9 Å². The van der Waals surface area contributed by atoms with Crippen LogP contribution in [-0.4, -0.2) is 17.7 Å². The smallest absolute Gasteiger partial charge is 0.533 e. The lowest BCUT2D eigenvalue weighted by Crippen LogP contribution is -2.35. The zero-order valence-electron chi connectivity index (χ0n) is 10.9. The van der Waals surface area contributed by atoms with Crippen LogP contribution in [0.4, 0.5) is 0 Å². The van der Waals surface area contributed by atoms with Gasteiger partial charge in [0.15, 0.2) is 0 Å². The van der Waals surface area contributed by atoms with Crippen molar-refractivity contribution < 1.29 is 9.31 Å². The van der Waals surface area contributed by atoms with Gasteiger partial charge in [0, 0.05) is 5.52 Å². The van der Waals surface area contributed by atoms with Crippen LogP contribution in [0.2, 0.25) is 0 Å². The number of para-hydroxylation sites is 1. The molecule has 0 radical (unpaired) electrons. The summed E-state index contributed by atoms with van der Waals surface area (Å²) in [6.45, 7) is 9.90. The Morgan fingerprint density at radius 1 is 1.33 bits per heavy atom. The molecule has 0 aliphatic carbocycles. The monoisotopic (exact) mass is 241 g/mol. The number of aromatic nitrogens is 1. The Hall–Kier alpha value is -1.68. The van der Waals surface area contributed by atoms with E-state index in [0.717, 1.165) is 11.1 Å². The van der Waals surface area contributed by atoms with Crippen molar-refractivity contribution in [1.29, 1.82) is 0 Å². The molecule has 0 saturated carbocycles. The highest BCUT2D eigenvalue weighted by Crippen LogP contribution is 2.29. The summed E-state index contributed by atoms with van der Waals surface area (Å²) in [6, 6.07) is 8.29. The van der Waals surface area contributed by atoms with E-state index in [0.29, 0.717) is 5.76 Å². The Morgan fingerprint density at radius 3 is 2.72 bits per heavy atom. The van der Waals surface area contributed by atoms with Crippen molar-refractivity contribution in [3.63, 3.8) is 0 Å². The van der Waals surface area contributed by atoms with E-state index in [1.807, 2.05) is 13.8 Å². The predicted molar refractivity (Wildman–Crippen MR) is 73.8 cm³/mol. The molecule has 0 atom stereocenters. The Balaban J connectivity index is 2.01. The van der Waals surface area contributed by atoms with Gasteiger partial charge in [0.2, 0.25) is 0 Å². The number of hydrogen-bond acceptors (Lipinski definition) is 2. The summed E-state index contributed by atoms with van der Waals surface area (Å²) in [5, 5.41) is 1.17. The first-order valence-corrected chi connectivity index (χ1v) is 6.09. The van der Waals surface area contributed by atoms with Gasteiger partial charge in [0.25, 0.3) is 0 Å². The first kappa shape index (κ1) is 11.4. The van der Waals surface area contributed by atoms with Crippen LogP contribution < -0.4 is 5.59 Å². The fourth-order valence-electron chi connectivity index (χ4n) is 2.21. The minimum absolute atomic E-state index is 0.390. The Labute approximate surface area is 107 Å². The molecular formula is C14H16BNO2. The van der Waals surface area contributed by atoms with Crippen LogP contribution in [0.15, 0.2) is 36.6 Å². The highest BCUT2D eigenvalue weighted by Gasteiger charge is 2.43. The lowest BCUT2D eigenvalue weighted by Gasteiger charge is -2.15. The van der Waals surface area contributed by atoms with Crippen molar-refractivity contribution in [3.05, 3.63) is 42.2 Å². The third-order valence-corrected chi connectivity index (χ3v) is 3.46. The highest BCUT2D eigenvalue weighted by molar-refractivity contribution is 6.62. The third kappa shape index (κ3) is 1.64. The molecule has 0 bridgehead atoms. The topological polar surface area (TPSA) is 34.2 Å². The SMILES string of the molecule is C=C1OB(c2cc3cccc(C)c3[nH]2)OC1(C)C. The lowest BCUT2D eigenvalue weighted by atomic mass is 9.85. The second-order valence-electron chi connectivity index (χ2n) is 5.26. The molecule has 2 heterocycles. The van der Waals surface area contributed by atoms with Gasteiger partial charge in [0.1, 0.15) is 5.60 Å². The van der Waals surface area contributed by atoms with Crippen molar-refractivity contribution in [2.24, 2.45) is 0 Å². The average Bonchev–Trinajstić information content (AvgIpc) is 2.82. The highest BCUT2D eigenvalue weighted by atomic mass is 16.7. The molecule has 1 fully saturated rings. The van der Waals surface area contributed by atoms with E-state index in [9.17, 15) is 0 Å². The van der Waals surface area contributed by atoms with Crippen LogP contribution in [0.25, 0.3) is 10.9 Å². The maximum atomic E-state index is 5.86.